The predicted octanol–water partition coefficient (Wildman–Crippen LogP) is 0.480. The smallest absolute Gasteiger partial charge is 0.246 e. The molecule has 0 bridgehead atoms. The van der Waals surface area contributed by atoms with Crippen LogP contribution in [-0.4, -0.2) is 59.8 Å². The number of rotatable bonds is 4. The van der Waals surface area contributed by atoms with Crippen molar-refractivity contribution in [1.82, 2.24) is 20.0 Å². The van der Waals surface area contributed by atoms with Gasteiger partial charge in [-0.15, -0.1) is 0 Å². The standard InChI is InChI=1S/C16H22N6O2/c1-17-16(18-6-5-14-4-3-9-24-14)21-7-8-22(15(23)12-21)13-10-19-20(2)11-13/h3-4,9-11H,5-8,12H2,1-2H3,(H,17,18). The normalized spacial score (nSPS) is 15.9. The second-order valence-electron chi connectivity index (χ2n) is 5.64. The molecule has 1 fully saturated rings. The predicted molar refractivity (Wildman–Crippen MR) is 90.9 cm³/mol. The number of furan rings is 1. The first-order valence-electron chi connectivity index (χ1n) is 7.94. The van der Waals surface area contributed by atoms with Crippen molar-refractivity contribution < 1.29 is 9.21 Å². The lowest BCUT2D eigenvalue weighted by molar-refractivity contribution is -0.120. The molecule has 0 radical (unpaired) electrons. The lowest BCUT2D eigenvalue weighted by Crippen LogP contribution is -2.55. The molecule has 8 nitrogen and oxygen atoms in total. The van der Waals surface area contributed by atoms with Gasteiger partial charge in [-0.25, -0.2) is 0 Å². The summed E-state index contributed by atoms with van der Waals surface area (Å²) in [4.78, 5) is 20.5. The maximum absolute atomic E-state index is 12.4. The van der Waals surface area contributed by atoms with E-state index < -0.39 is 0 Å². The monoisotopic (exact) mass is 330 g/mol. The van der Waals surface area contributed by atoms with Crippen LogP contribution >= 0.6 is 0 Å². The number of amides is 1. The quantitative estimate of drug-likeness (QED) is 0.652. The van der Waals surface area contributed by atoms with E-state index in [4.69, 9.17) is 4.42 Å². The summed E-state index contributed by atoms with van der Waals surface area (Å²) in [6, 6.07) is 3.82. The van der Waals surface area contributed by atoms with E-state index in [1.807, 2.05) is 30.3 Å². The van der Waals surface area contributed by atoms with Crippen molar-refractivity contribution in [2.24, 2.45) is 12.0 Å². The number of carbonyl (C=O) groups is 1. The molecule has 1 amide bonds. The molecule has 3 heterocycles. The number of carbonyl (C=O) groups excluding carboxylic acids is 1. The number of piperazine rings is 1. The number of hydrogen-bond acceptors (Lipinski definition) is 4. The maximum Gasteiger partial charge on any atom is 0.246 e. The summed E-state index contributed by atoms with van der Waals surface area (Å²) in [5.41, 5.74) is 0.836. The van der Waals surface area contributed by atoms with Crippen molar-refractivity contribution in [1.29, 1.82) is 0 Å². The number of aliphatic imine (C=N–C) groups is 1. The van der Waals surface area contributed by atoms with Crippen LogP contribution in [0.2, 0.25) is 0 Å². The minimum atomic E-state index is 0.0447. The molecule has 0 saturated carbocycles. The number of aryl methyl sites for hydroxylation is 1. The van der Waals surface area contributed by atoms with Gasteiger partial charge in [0.1, 0.15) is 12.3 Å². The summed E-state index contributed by atoms with van der Waals surface area (Å²) in [7, 11) is 3.57. The average molecular weight is 330 g/mol. The van der Waals surface area contributed by atoms with Gasteiger partial charge in [0, 0.05) is 46.3 Å². The lowest BCUT2D eigenvalue weighted by atomic mass is 10.3. The number of anilines is 1. The Morgan fingerprint density at radius 2 is 2.33 bits per heavy atom. The molecule has 0 aromatic carbocycles. The van der Waals surface area contributed by atoms with Gasteiger partial charge in [0.05, 0.1) is 18.1 Å². The van der Waals surface area contributed by atoms with Crippen LogP contribution in [-0.2, 0) is 18.3 Å². The number of nitrogens with zero attached hydrogens (tertiary/aromatic N) is 5. The van der Waals surface area contributed by atoms with Crippen molar-refractivity contribution in [3.63, 3.8) is 0 Å². The minimum Gasteiger partial charge on any atom is -0.469 e. The maximum atomic E-state index is 12.4. The Kier molecular flexibility index (Phi) is 4.83. The third-order valence-electron chi connectivity index (χ3n) is 3.97. The molecule has 2 aromatic heterocycles. The van der Waals surface area contributed by atoms with E-state index in [0.717, 1.165) is 30.4 Å². The second kappa shape index (κ2) is 7.20. The Morgan fingerprint density at radius 3 is 2.96 bits per heavy atom. The first-order chi connectivity index (χ1) is 11.7. The van der Waals surface area contributed by atoms with Gasteiger partial charge in [-0.3, -0.25) is 14.5 Å². The molecule has 3 rings (SSSR count). The van der Waals surface area contributed by atoms with Crippen LogP contribution in [0.5, 0.6) is 0 Å². The van der Waals surface area contributed by atoms with Crippen LogP contribution in [0.1, 0.15) is 5.76 Å². The Bertz CT molecular complexity index is 706. The van der Waals surface area contributed by atoms with Crippen LogP contribution in [0.4, 0.5) is 5.69 Å². The fraction of sp³-hybridized carbons (Fsp3) is 0.438. The largest absolute Gasteiger partial charge is 0.469 e. The SMILES string of the molecule is CN=C(NCCc1ccco1)N1CCN(c2cnn(C)c2)C(=O)C1. The van der Waals surface area contributed by atoms with E-state index in [-0.39, 0.29) is 5.91 Å². The van der Waals surface area contributed by atoms with E-state index in [2.05, 4.69) is 15.4 Å². The number of aromatic nitrogens is 2. The zero-order valence-electron chi connectivity index (χ0n) is 14.0. The fourth-order valence-electron chi connectivity index (χ4n) is 2.76. The molecular weight excluding hydrogens is 308 g/mol. The van der Waals surface area contributed by atoms with Crippen LogP contribution in [0, 0.1) is 0 Å². The molecule has 0 unspecified atom stereocenters. The van der Waals surface area contributed by atoms with Crippen LogP contribution < -0.4 is 10.2 Å². The molecule has 2 aromatic rings. The fourth-order valence-corrected chi connectivity index (χ4v) is 2.76. The van der Waals surface area contributed by atoms with Gasteiger partial charge in [-0.1, -0.05) is 0 Å². The summed E-state index contributed by atoms with van der Waals surface area (Å²) >= 11 is 0. The zero-order valence-corrected chi connectivity index (χ0v) is 14.0. The van der Waals surface area contributed by atoms with E-state index in [1.54, 1.807) is 29.1 Å². The highest BCUT2D eigenvalue weighted by Gasteiger charge is 2.27. The highest BCUT2D eigenvalue weighted by atomic mass is 16.3. The molecular formula is C16H22N6O2. The van der Waals surface area contributed by atoms with Gasteiger partial charge in [-0.05, 0) is 12.1 Å². The number of guanidine groups is 1. The van der Waals surface area contributed by atoms with Crippen molar-refractivity contribution in [2.75, 3.05) is 38.1 Å². The topological polar surface area (TPSA) is 78.9 Å². The number of nitrogens with one attached hydrogen (secondary N) is 1. The molecule has 1 saturated heterocycles. The van der Waals surface area contributed by atoms with Gasteiger partial charge in [0.2, 0.25) is 5.91 Å². The van der Waals surface area contributed by atoms with Gasteiger partial charge >= 0.3 is 0 Å². The Balaban J connectivity index is 1.54. The van der Waals surface area contributed by atoms with E-state index in [0.29, 0.717) is 19.6 Å². The summed E-state index contributed by atoms with van der Waals surface area (Å²) < 4.78 is 7.01. The summed E-state index contributed by atoms with van der Waals surface area (Å²) in [6.45, 7) is 2.34. The minimum absolute atomic E-state index is 0.0447. The van der Waals surface area contributed by atoms with Gasteiger partial charge in [0.25, 0.3) is 0 Å². The summed E-state index contributed by atoms with van der Waals surface area (Å²) in [6.07, 6.45) is 6.00. The van der Waals surface area contributed by atoms with E-state index >= 15 is 0 Å². The van der Waals surface area contributed by atoms with Crippen LogP contribution in [0.15, 0.2) is 40.2 Å². The molecule has 1 aliphatic heterocycles. The Hall–Kier alpha value is -2.77. The molecule has 128 valence electrons. The van der Waals surface area contributed by atoms with E-state index in [1.165, 1.54) is 0 Å². The van der Waals surface area contributed by atoms with Crippen LogP contribution in [0.3, 0.4) is 0 Å². The van der Waals surface area contributed by atoms with Crippen LogP contribution in [0.25, 0.3) is 0 Å². The highest BCUT2D eigenvalue weighted by molar-refractivity contribution is 5.98. The molecule has 0 spiro atoms. The molecule has 8 heteroatoms. The first-order valence-corrected chi connectivity index (χ1v) is 7.94. The van der Waals surface area contributed by atoms with Crippen molar-refractivity contribution in [3.05, 3.63) is 36.5 Å². The van der Waals surface area contributed by atoms with Gasteiger partial charge < -0.3 is 19.5 Å². The lowest BCUT2D eigenvalue weighted by Gasteiger charge is -2.35. The second-order valence-corrected chi connectivity index (χ2v) is 5.64. The molecule has 24 heavy (non-hydrogen) atoms. The molecule has 0 atom stereocenters. The summed E-state index contributed by atoms with van der Waals surface area (Å²) in [5, 5.41) is 7.41. The van der Waals surface area contributed by atoms with Gasteiger partial charge in [-0.2, -0.15) is 5.10 Å². The average Bonchev–Trinajstić information content (AvgIpc) is 3.23. The Morgan fingerprint density at radius 1 is 1.46 bits per heavy atom. The first kappa shape index (κ1) is 16.1. The van der Waals surface area contributed by atoms with Crippen molar-refractivity contribution >= 4 is 17.6 Å². The van der Waals surface area contributed by atoms with Crippen molar-refractivity contribution in [2.45, 2.75) is 6.42 Å². The molecule has 0 aliphatic carbocycles. The summed E-state index contributed by atoms with van der Waals surface area (Å²) in [5.74, 6) is 1.71. The Labute approximate surface area is 140 Å². The zero-order chi connectivity index (χ0) is 16.9. The van der Waals surface area contributed by atoms with E-state index in [9.17, 15) is 4.79 Å². The molecule has 1 N–H and O–H groups in total. The highest BCUT2D eigenvalue weighted by Crippen LogP contribution is 2.16. The third-order valence-corrected chi connectivity index (χ3v) is 3.97. The van der Waals surface area contributed by atoms with Gasteiger partial charge in [0.15, 0.2) is 5.96 Å². The van der Waals surface area contributed by atoms with Crippen molar-refractivity contribution in [3.8, 4) is 0 Å². The third kappa shape index (κ3) is 3.58. The molecule has 1 aliphatic rings. The number of hydrogen-bond donors (Lipinski definition) is 1.